The summed E-state index contributed by atoms with van der Waals surface area (Å²) in [6.45, 7) is 1.07. The number of halogens is 11. The lowest BCUT2D eigenvalue weighted by atomic mass is 9.85. The van der Waals surface area contributed by atoms with Crippen LogP contribution in [0.4, 0.5) is 43.9 Å². The summed E-state index contributed by atoms with van der Waals surface area (Å²) >= 11 is 6.17. The highest BCUT2D eigenvalue weighted by atomic mass is 35.5. The van der Waals surface area contributed by atoms with Gasteiger partial charge < -0.3 is 10.2 Å². The molecule has 0 bridgehead atoms. The molecule has 1 unspecified atom stereocenters. The first-order valence-electron chi connectivity index (χ1n) is 11.1. The lowest BCUT2D eigenvalue weighted by Crippen LogP contribution is -2.43. The molecule has 17 heteroatoms. The first-order valence-corrected chi connectivity index (χ1v) is 12.4. The van der Waals surface area contributed by atoms with Crippen LogP contribution in [0.25, 0.3) is 0 Å². The SMILES string of the molecule is Cc1cc(C2=NOC(c3cc(C(F)(F)F)cc(Cl)c3F)(C(F)(F)F)C2)ccc1C(=O)NCc1nc(C(F)(F)F)cs1. The second-order valence-corrected chi connectivity index (χ2v) is 10.1. The number of carbonyl (C=O) groups is 1. The first-order chi connectivity index (χ1) is 18.8. The fraction of sp³-hybridized carbons (Fsp3) is 0.292. The van der Waals surface area contributed by atoms with Gasteiger partial charge in [0.25, 0.3) is 11.5 Å². The van der Waals surface area contributed by atoms with Gasteiger partial charge in [-0.3, -0.25) is 4.79 Å². The summed E-state index contributed by atoms with van der Waals surface area (Å²) in [6.07, 6.45) is -16.5. The maximum atomic E-state index is 14.8. The first kappa shape index (κ1) is 30.6. The zero-order chi connectivity index (χ0) is 30.5. The number of hydrogen-bond donors (Lipinski definition) is 1. The van der Waals surface area contributed by atoms with Crippen molar-refractivity contribution in [2.24, 2.45) is 5.16 Å². The van der Waals surface area contributed by atoms with E-state index in [0.29, 0.717) is 11.3 Å². The number of carbonyl (C=O) groups excluding carboxylic acids is 1. The second kappa shape index (κ2) is 10.5. The van der Waals surface area contributed by atoms with Crippen LogP contribution in [0.3, 0.4) is 0 Å². The zero-order valence-electron chi connectivity index (χ0n) is 20.2. The number of aromatic nitrogens is 1. The minimum atomic E-state index is -5.44. The fourth-order valence-corrected chi connectivity index (χ4v) is 4.92. The van der Waals surface area contributed by atoms with Gasteiger partial charge in [-0.2, -0.15) is 39.5 Å². The van der Waals surface area contributed by atoms with Gasteiger partial charge in [-0.25, -0.2) is 9.37 Å². The smallest absolute Gasteiger partial charge is 0.374 e. The highest BCUT2D eigenvalue weighted by molar-refractivity contribution is 7.09. The van der Waals surface area contributed by atoms with Gasteiger partial charge in [-0.1, -0.05) is 22.8 Å². The predicted molar refractivity (Wildman–Crippen MR) is 126 cm³/mol. The van der Waals surface area contributed by atoms with E-state index in [1.165, 1.54) is 25.1 Å². The van der Waals surface area contributed by atoms with Gasteiger partial charge in [-0.05, 0) is 42.3 Å². The van der Waals surface area contributed by atoms with Crippen LogP contribution in [-0.2, 0) is 29.3 Å². The minimum absolute atomic E-state index is 0.0126. The van der Waals surface area contributed by atoms with Crippen molar-refractivity contribution in [3.8, 4) is 0 Å². The van der Waals surface area contributed by atoms with E-state index in [-0.39, 0.29) is 40.4 Å². The van der Waals surface area contributed by atoms with Crippen molar-refractivity contribution in [3.05, 3.63) is 85.1 Å². The number of rotatable bonds is 5. The van der Waals surface area contributed by atoms with E-state index >= 15 is 0 Å². The number of nitrogens with one attached hydrogen (secondary N) is 1. The van der Waals surface area contributed by atoms with Crippen LogP contribution in [0.5, 0.6) is 0 Å². The molecule has 1 N–H and O–H groups in total. The monoisotopic (exact) mass is 633 g/mol. The highest BCUT2D eigenvalue weighted by Crippen LogP contribution is 2.51. The Morgan fingerprint density at radius 2 is 1.76 bits per heavy atom. The maximum Gasteiger partial charge on any atom is 0.435 e. The fourth-order valence-electron chi connectivity index (χ4n) is 3.96. The van der Waals surface area contributed by atoms with Crippen molar-refractivity contribution >= 4 is 34.6 Å². The van der Waals surface area contributed by atoms with Crippen LogP contribution in [0.2, 0.25) is 5.02 Å². The molecule has 0 spiro atoms. The molecular formula is C24H14ClF10N3O2S. The van der Waals surface area contributed by atoms with Gasteiger partial charge in [0.1, 0.15) is 10.8 Å². The average molecular weight is 634 g/mol. The van der Waals surface area contributed by atoms with Gasteiger partial charge in [0.05, 0.1) is 29.3 Å². The molecule has 41 heavy (non-hydrogen) atoms. The number of hydrogen-bond acceptors (Lipinski definition) is 5. The number of benzene rings is 2. The van der Waals surface area contributed by atoms with Crippen molar-refractivity contribution in [3.63, 3.8) is 0 Å². The van der Waals surface area contributed by atoms with Crippen molar-refractivity contribution in [2.75, 3.05) is 0 Å². The van der Waals surface area contributed by atoms with Crippen LogP contribution >= 0.6 is 22.9 Å². The molecule has 1 aliphatic rings. The van der Waals surface area contributed by atoms with Gasteiger partial charge in [-0.15, -0.1) is 11.3 Å². The van der Waals surface area contributed by atoms with Crippen molar-refractivity contribution < 1.29 is 53.5 Å². The summed E-state index contributed by atoms with van der Waals surface area (Å²) in [5, 5.41) is 5.33. The Balaban J connectivity index is 1.58. The standard InChI is InChI=1S/C24H14ClF10N3O2S/c1-10-4-11(2-3-13(10)20(39)36-8-18-37-17(9-41-18)23(30,31)32)16-7-21(40-38-16,24(33,34)35)14-5-12(22(27,28)29)6-15(25)19(14)26/h2-6,9H,7-8H2,1H3,(H,36,39). The summed E-state index contributed by atoms with van der Waals surface area (Å²) in [6, 6.07) is 3.73. The van der Waals surface area contributed by atoms with Crippen molar-refractivity contribution in [2.45, 2.75) is 44.0 Å². The number of alkyl halides is 9. The number of nitrogens with zero attached hydrogens (tertiary/aromatic N) is 2. The molecule has 2 heterocycles. The highest BCUT2D eigenvalue weighted by Gasteiger charge is 2.64. The molecule has 0 saturated heterocycles. The molecule has 0 aliphatic carbocycles. The third kappa shape index (κ3) is 5.98. The van der Waals surface area contributed by atoms with E-state index in [4.69, 9.17) is 11.6 Å². The van der Waals surface area contributed by atoms with E-state index in [9.17, 15) is 48.7 Å². The third-order valence-corrected chi connectivity index (χ3v) is 7.15. The molecule has 0 radical (unpaired) electrons. The summed E-state index contributed by atoms with van der Waals surface area (Å²) in [7, 11) is 0. The Bertz CT molecular complexity index is 1530. The van der Waals surface area contributed by atoms with Crippen molar-refractivity contribution in [1.29, 1.82) is 0 Å². The van der Waals surface area contributed by atoms with Crippen LogP contribution in [0.1, 0.15) is 49.7 Å². The van der Waals surface area contributed by atoms with E-state index in [1.54, 1.807) is 0 Å². The topological polar surface area (TPSA) is 63.6 Å². The van der Waals surface area contributed by atoms with Crippen molar-refractivity contribution in [1.82, 2.24) is 10.3 Å². The Morgan fingerprint density at radius 3 is 2.32 bits per heavy atom. The number of amides is 1. The molecule has 5 nitrogen and oxygen atoms in total. The lowest BCUT2D eigenvalue weighted by Gasteiger charge is -2.30. The Morgan fingerprint density at radius 1 is 1.07 bits per heavy atom. The molecular weight excluding hydrogens is 620 g/mol. The lowest BCUT2D eigenvalue weighted by molar-refractivity contribution is -0.276. The largest absolute Gasteiger partial charge is 0.435 e. The quantitative estimate of drug-likeness (QED) is 0.292. The van der Waals surface area contributed by atoms with Crippen LogP contribution in [-0.4, -0.2) is 22.8 Å². The molecule has 3 aromatic rings. The van der Waals surface area contributed by atoms with E-state index in [0.717, 1.165) is 5.38 Å². The Labute approximate surface area is 232 Å². The predicted octanol–water partition coefficient (Wildman–Crippen LogP) is 7.79. The number of oxime groups is 1. The van der Waals surface area contributed by atoms with E-state index in [1.807, 2.05) is 0 Å². The summed E-state index contributed by atoms with van der Waals surface area (Å²) < 4.78 is 135. The second-order valence-electron chi connectivity index (χ2n) is 8.78. The maximum absolute atomic E-state index is 14.8. The minimum Gasteiger partial charge on any atom is -0.374 e. The molecule has 0 fully saturated rings. The van der Waals surface area contributed by atoms with Crippen LogP contribution in [0, 0.1) is 12.7 Å². The van der Waals surface area contributed by atoms with Gasteiger partial charge in [0.15, 0.2) is 5.69 Å². The number of aryl methyl sites for hydroxylation is 1. The number of thiazole rings is 1. The van der Waals surface area contributed by atoms with E-state index in [2.05, 4.69) is 20.3 Å². The average Bonchev–Trinajstić information content (AvgIpc) is 3.52. The van der Waals surface area contributed by atoms with Gasteiger partial charge in [0, 0.05) is 16.5 Å². The normalized spacial score (nSPS) is 17.8. The molecule has 1 amide bonds. The molecule has 2 aromatic carbocycles. The molecule has 1 aliphatic heterocycles. The molecule has 1 atom stereocenters. The Hall–Kier alpha value is -3.40. The molecule has 4 rings (SSSR count). The van der Waals surface area contributed by atoms with Gasteiger partial charge >= 0.3 is 18.5 Å². The van der Waals surface area contributed by atoms with Crippen LogP contribution < -0.4 is 5.32 Å². The summed E-state index contributed by atoms with van der Waals surface area (Å²) in [4.78, 5) is 20.6. The third-order valence-electron chi connectivity index (χ3n) is 6.02. The summed E-state index contributed by atoms with van der Waals surface area (Å²) in [5.41, 5.74) is -8.09. The Kier molecular flexibility index (Phi) is 7.79. The van der Waals surface area contributed by atoms with E-state index < -0.39 is 69.8 Å². The zero-order valence-corrected chi connectivity index (χ0v) is 21.7. The summed E-state index contributed by atoms with van der Waals surface area (Å²) in [5.74, 6) is -2.49. The molecule has 1 aromatic heterocycles. The van der Waals surface area contributed by atoms with Gasteiger partial charge in [0.2, 0.25) is 0 Å². The van der Waals surface area contributed by atoms with Crippen LogP contribution in [0.15, 0.2) is 40.9 Å². The molecule has 220 valence electrons. The molecule has 0 saturated carbocycles.